The molecule has 1 aliphatic rings. The molecule has 136 valence electrons. The van der Waals surface area contributed by atoms with Gasteiger partial charge >= 0.3 is 0 Å². The van der Waals surface area contributed by atoms with Gasteiger partial charge in [-0.1, -0.05) is 48.5 Å². The van der Waals surface area contributed by atoms with E-state index in [9.17, 15) is 9.18 Å². The second kappa shape index (κ2) is 9.41. The van der Waals surface area contributed by atoms with E-state index in [1.54, 1.807) is 24.3 Å². The molecule has 0 aliphatic carbocycles. The van der Waals surface area contributed by atoms with Gasteiger partial charge in [-0.2, -0.15) is 0 Å². The van der Waals surface area contributed by atoms with Crippen LogP contribution in [0.4, 0.5) is 4.39 Å². The van der Waals surface area contributed by atoms with Crippen LogP contribution >= 0.6 is 0 Å². The van der Waals surface area contributed by atoms with Crippen LogP contribution in [0, 0.1) is 5.82 Å². The molecule has 0 spiro atoms. The minimum Gasteiger partial charge on any atom is -0.300 e. The van der Waals surface area contributed by atoms with Crippen LogP contribution in [0.15, 0.2) is 60.7 Å². The first kappa shape index (κ1) is 18.5. The maximum absolute atomic E-state index is 12.9. The van der Waals surface area contributed by atoms with Crippen molar-refractivity contribution >= 4 is 11.9 Å². The molecule has 26 heavy (non-hydrogen) atoms. The molecule has 0 amide bonds. The van der Waals surface area contributed by atoms with Gasteiger partial charge in [0, 0.05) is 45.7 Å². The number of carbonyl (C=O) groups is 1. The van der Waals surface area contributed by atoms with E-state index in [0.29, 0.717) is 6.42 Å². The lowest BCUT2D eigenvalue weighted by molar-refractivity contribution is -0.114. The minimum absolute atomic E-state index is 0.112. The van der Waals surface area contributed by atoms with E-state index in [4.69, 9.17) is 0 Å². The Morgan fingerprint density at radius 2 is 1.58 bits per heavy atom. The molecule has 0 atom stereocenters. The molecule has 4 heteroatoms. The number of ketones is 1. The van der Waals surface area contributed by atoms with Crippen molar-refractivity contribution in [2.24, 2.45) is 0 Å². The summed E-state index contributed by atoms with van der Waals surface area (Å²) in [5.74, 6) is -0.152. The highest BCUT2D eigenvalue weighted by atomic mass is 19.1. The Kier molecular flexibility index (Phi) is 6.69. The first-order valence-electron chi connectivity index (χ1n) is 9.14. The number of rotatable bonds is 7. The van der Waals surface area contributed by atoms with E-state index in [1.165, 1.54) is 17.7 Å². The number of hydrogen-bond donors (Lipinski definition) is 0. The van der Waals surface area contributed by atoms with Crippen molar-refractivity contribution < 1.29 is 9.18 Å². The summed E-state index contributed by atoms with van der Waals surface area (Å²) in [6.45, 7) is 5.87. The second-order valence-corrected chi connectivity index (χ2v) is 6.70. The minimum atomic E-state index is -0.264. The molecule has 1 saturated heterocycles. The van der Waals surface area contributed by atoms with Crippen LogP contribution in [-0.2, 0) is 11.3 Å². The molecule has 0 unspecified atom stereocenters. The Labute approximate surface area is 154 Å². The van der Waals surface area contributed by atoms with Crippen molar-refractivity contribution in [1.82, 2.24) is 9.80 Å². The van der Waals surface area contributed by atoms with Crippen LogP contribution < -0.4 is 0 Å². The third-order valence-electron chi connectivity index (χ3n) is 4.72. The van der Waals surface area contributed by atoms with Crippen LogP contribution in [0.5, 0.6) is 0 Å². The first-order chi connectivity index (χ1) is 12.7. The summed E-state index contributed by atoms with van der Waals surface area (Å²) in [6.07, 6.45) is 3.87. The molecule has 0 bridgehead atoms. The Morgan fingerprint density at radius 1 is 0.923 bits per heavy atom. The number of halogens is 1. The monoisotopic (exact) mass is 352 g/mol. The van der Waals surface area contributed by atoms with E-state index >= 15 is 0 Å². The molecule has 1 heterocycles. The van der Waals surface area contributed by atoms with Crippen molar-refractivity contribution in [2.45, 2.75) is 13.0 Å². The van der Waals surface area contributed by atoms with Crippen LogP contribution in [0.3, 0.4) is 0 Å². The van der Waals surface area contributed by atoms with Gasteiger partial charge in [-0.25, -0.2) is 4.39 Å². The third-order valence-corrected chi connectivity index (χ3v) is 4.72. The fourth-order valence-electron chi connectivity index (χ4n) is 3.13. The standard InChI is InChI=1S/C22H25FN2O/c23-21-9-6-19(7-10-21)8-11-22(26)12-13-24-14-16-25(17-15-24)18-20-4-2-1-3-5-20/h1-11H,12-18H2. The van der Waals surface area contributed by atoms with Crippen LogP contribution in [-0.4, -0.2) is 48.3 Å². The van der Waals surface area contributed by atoms with Gasteiger partial charge < -0.3 is 4.90 Å². The maximum Gasteiger partial charge on any atom is 0.156 e. The fraction of sp³-hybridized carbons (Fsp3) is 0.318. The number of hydrogen-bond acceptors (Lipinski definition) is 3. The lowest BCUT2D eigenvalue weighted by atomic mass is 10.1. The number of benzene rings is 2. The van der Waals surface area contributed by atoms with Gasteiger partial charge in [0.2, 0.25) is 0 Å². The Hall–Kier alpha value is -2.30. The molecule has 2 aromatic rings. The topological polar surface area (TPSA) is 23.6 Å². The largest absolute Gasteiger partial charge is 0.300 e. The summed E-state index contributed by atoms with van der Waals surface area (Å²) in [5.41, 5.74) is 2.19. The molecule has 0 radical (unpaired) electrons. The number of carbonyl (C=O) groups excluding carboxylic acids is 1. The van der Waals surface area contributed by atoms with Gasteiger partial charge in [0.05, 0.1) is 0 Å². The normalized spacial score (nSPS) is 16.2. The summed E-state index contributed by atoms with van der Waals surface area (Å²) in [6, 6.07) is 16.7. The van der Waals surface area contributed by atoms with E-state index in [2.05, 4.69) is 34.1 Å². The number of nitrogens with zero attached hydrogens (tertiary/aromatic N) is 2. The van der Waals surface area contributed by atoms with E-state index in [1.807, 2.05) is 6.07 Å². The maximum atomic E-state index is 12.9. The highest BCUT2D eigenvalue weighted by Crippen LogP contribution is 2.09. The zero-order valence-electron chi connectivity index (χ0n) is 15.0. The summed E-state index contributed by atoms with van der Waals surface area (Å²) in [7, 11) is 0. The Balaban J connectivity index is 1.36. The summed E-state index contributed by atoms with van der Waals surface area (Å²) < 4.78 is 12.9. The van der Waals surface area contributed by atoms with Crippen molar-refractivity contribution in [3.63, 3.8) is 0 Å². The molecule has 1 aliphatic heterocycles. The second-order valence-electron chi connectivity index (χ2n) is 6.70. The zero-order chi connectivity index (χ0) is 18.2. The van der Waals surface area contributed by atoms with E-state index in [-0.39, 0.29) is 11.6 Å². The zero-order valence-corrected chi connectivity index (χ0v) is 15.0. The van der Waals surface area contributed by atoms with Crippen molar-refractivity contribution in [1.29, 1.82) is 0 Å². The molecular weight excluding hydrogens is 327 g/mol. The number of piperazine rings is 1. The highest BCUT2D eigenvalue weighted by molar-refractivity contribution is 5.93. The summed E-state index contributed by atoms with van der Waals surface area (Å²) >= 11 is 0. The van der Waals surface area contributed by atoms with Gasteiger partial charge in [0.1, 0.15) is 5.82 Å². The van der Waals surface area contributed by atoms with Gasteiger partial charge in [-0.3, -0.25) is 9.69 Å². The van der Waals surface area contributed by atoms with Crippen molar-refractivity contribution in [2.75, 3.05) is 32.7 Å². The lowest BCUT2D eigenvalue weighted by Crippen LogP contribution is -2.46. The van der Waals surface area contributed by atoms with Crippen LogP contribution in [0.1, 0.15) is 17.5 Å². The van der Waals surface area contributed by atoms with E-state index in [0.717, 1.165) is 44.8 Å². The SMILES string of the molecule is O=C(C=Cc1ccc(F)cc1)CCN1CCN(Cc2ccccc2)CC1. The predicted octanol–water partition coefficient (Wildman–Crippen LogP) is 3.62. The highest BCUT2D eigenvalue weighted by Gasteiger charge is 2.17. The predicted molar refractivity (Wildman–Crippen MR) is 103 cm³/mol. The molecule has 2 aromatic carbocycles. The fourth-order valence-corrected chi connectivity index (χ4v) is 3.13. The quantitative estimate of drug-likeness (QED) is 0.711. The average Bonchev–Trinajstić information content (AvgIpc) is 2.68. The molecule has 0 aromatic heterocycles. The van der Waals surface area contributed by atoms with Gasteiger partial charge in [-0.15, -0.1) is 0 Å². The van der Waals surface area contributed by atoms with Gasteiger partial charge in [0.15, 0.2) is 5.78 Å². The molecular formula is C22H25FN2O. The summed E-state index contributed by atoms with van der Waals surface area (Å²) in [5, 5.41) is 0. The van der Waals surface area contributed by atoms with Gasteiger partial charge in [0.25, 0.3) is 0 Å². The van der Waals surface area contributed by atoms with Crippen LogP contribution in [0.2, 0.25) is 0 Å². The van der Waals surface area contributed by atoms with Crippen LogP contribution in [0.25, 0.3) is 6.08 Å². The Morgan fingerprint density at radius 3 is 2.27 bits per heavy atom. The first-order valence-corrected chi connectivity index (χ1v) is 9.14. The average molecular weight is 352 g/mol. The van der Waals surface area contributed by atoms with Crippen molar-refractivity contribution in [3.05, 3.63) is 77.6 Å². The molecule has 3 nitrogen and oxygen atoms in total. The smallest absolute Gasteiger partial charge is 0.156 e. The molecule has 3 rings (SSSR count). The third kappa shape index (κ3) is 5.90. The molecule has 0 N–H and O–H groups in total. The Bertz CT molecular complexity index is 720. The summed E-state index contributed by atoms with van der Waals surface area (Å²) in [4.78, 5) is 16.8. The molecule has 1 fully saturated rings. The number of allylic oxidation sites excluding steroid dienone is 1. The van der Waals surface area contributed by atoms with E-state index < -0.39 is 0 Å². The molecule has 0 saturated carbocycles. The van der Waals surface area contributed by atoms with Gasteiger partial charge in [-0.05, 0) is 29.3 Å². The lowest BCUT2D eigenvalue weighted by Gasteiger charge is -2.34. The van der Waals surface area contributed by atoms with Crippen molar-refractivity contribution in [3.8, 4) is 0 Å².